The van der Waals surface area contributed by atoms with E-state index in [1.54, 1.807) is 0 Å². The van der Waals surface area contributed by atoms with Crippen LogP contribution < -0.4 is 10.1 Å². The van der Waals surface area contributed by atoms with Gasteiger partial charge in [-0.3, -0.25) is 4.79 Å². The van der Waals surface area contributed by atoms with Crippen molar-refractivity contribution in [2.45, 2.75) is 38.1 Å². The third-order valence-corrected chi connectivity index (χ3v) is 5.00. The van der Waals surface area contributed by atoms with Gasteiger partial charge in [-0.2, -0.15) is 0 Å². The molecule has 1 aliphatic rings. The van der Waals surface area contributed by atoms with Crippen LogP contribution in [0.25, 0.3) is 0 Å². The number of amides is 1. The number of carbonyl (C=O) groups is 1. The second kappa shape index (κ2) is 7.70. The molecule has 0 aromatic heterocycles. The summed E-state index contributed by atoms with van der Waals surface area (Å²) in [5.74, 6) is 0.752. The first kappa shape index (κ1) is 17.5. The van der Waals surface area contributed by atoms with E-state index in [9.17, 15) is 4.79 Å². The Kier molecular flexibility index (Phi) is 5.39. The van der Waals surface area contributed by atoms with Crippen LogP contribution in [-0.2, 0) is 23.2 Å². The lowest BCUT2D eigenvalue weighted by Gasteiger charge is -2.34. The number of ether oxygens (including phenoxy) is 1. The van der Waals surface area contributed by atoms with Crippen LogP contribution in [0.15, 0.2) is 48.5 Å². The molecule has 1 amide bonds. The maximum absolute atomic E-state index is 13.0. The number of hydrogen-bond donors (Lipinski definition) is 2. The summed E-state index contributed by atoms with van der Waals surface area (Å²) in [7, 11) is 0. The molecule has 0 saturated heterocycles. The maximum Gasteiger partial charge on any atom is 0.230 e. The number of aliphatic hydroxyl groups excluding tert-OH is 1. The van der Waals surface area contributed by atoms with Crippen LogP contribution in [-0.4, -0.2) is 24.2 Å². The van der Waals surface area contributed by atoms with Gasteiger partial charge in [0, 0.05) is 12.1 Å². The summed E-state index contributed by atoms with van der Waals surface area (Å²) in [6, 6.07) is 15.8. The molecule has 0 saturated carbocycles. The van der Waals surface area contributed by atoms with Crippen LogP contribution in [0.3, 0.4) is 0 Å². The summed E-state index contributed by atoms with van der Waals surface area (Å²) >= 11 is 0. The summed E-state index contributed by atoms with van der Waals surface area (Å²) in [5, 5.41) is 12.0. The molecule has 2 aromatic carbocycles. The number of rotatable bonds is 6. The van der Waals surface area contributed by atoms with E-state index in [1.165, 1.54) is 5.56 Å². The van der Waals surface area contributed by atoms with Gasteiger partial charge in [0.05, 0.1) is 12.0 Å². The monoisotopic (exact) mass is 339 g/mol. The van der Waals surface area contributed by atoms with Gasteiger partial charge in [0.1, 0.15) is 12.4 Å². The molecular formula is C21H25NO3. The van der Waals surface area contributed by atoms with Crippen molar-refractivity contribution in [2.24, 2.45) is 0 Å². The molecule has 0 heterocycles. The molecule has 0 bridgehead atoms. The smallest absolute Gasteiger partial charge is 0.230 e. The van der Waals surface area contributed by atoms with Gasteiger partial charge in [0.2, 0.25) is 5.91 Å². The van der Waals surface area contributed by atoms with Crippen LogP contribution in [0.2, 0.25) is 0 Å². The number of hydrogen-bond acceptors (Lipinski definition) is 3. The van der Waals surface area contributed by atoms with E-state index in [2.05, 4.69) is 17.4 Å². The lowest BCUT2D eigenvalue weighted by Crippen LogP contribution is -2.44. The molecule has 132 valence electrons. The van der Waals surface area contributed by atoms with E-state index in [0.717, 1.165) is 30.4 Å². The van der Waals surface area contributed by atoms with E-state index >= 15 is 0 Å². The molecule has 25 heavy (non-hydrogen) atoms. The number of aliphatic hydroxyl groups is 1. The second-order valence-corrected chi connectivity index (χ2v) is 6.71. The van der Waals surface area contributed by atoms with Crippen molar-refractivity contribution in [2.75, 3.05) is 13.2 Å². The summed E-state index contributed by atoms with van der Waals surface area (Å²) in [5.41, 5.74) is 2.84. The molecule has 0 fully saturated rings. The topological polar surface area (TPSA) is 58.6 Å². The summed E-state index contributed by atoms with van der Waals surface area (Å²) in [6.45, 7) is 2.66. The Morgan fingerprint density at radius 3 is 2.80 bits per heavy atom. The molecule has 0 radical (unpaired) electrons. The highest BCUT2D eigenvalue weighted by atomic mass is 16.5. The zero-order valence-corrected chi connectivity index (χ0v) is 14.6. The summed E-state index contributed by atoms with van der Waals surface area (Å²) in [4.78, 5) is 13.0. The largest absolute Gasteiger partial charge is 0.491 e. The van der Waals surface area contributed by atoms with Crippen molar-refractivity contribution in [1.82, 2.24) is 5.32 Å². The SMILES string of the molecule is CC1(C(=O)NCc2ccccc2OCCO)CCCc2ccccc21. The van der Waals surface area contributed by atoms with E-state index in [0.29, 0.717) is 12.3 Å². The quantitative estimate of drug-likeness (QED) is 0.851. The van der Waals surface area contributed by atoms with Gasteiger partial charge >= 0.3 is 0 Å². The van der Waals surface area contributed by atoms with Gasteiger partial charge in [-0.25, -0.2) is 0 Å². The Labute approximate surface area is 148 Å². The van der Waals surface area contributed by atoms with E-state index in [1.807, 2.05) is 43.3 Å². The highest BCUT2D eigenvalue weighted by Gasteiger charge is 2.38. The third kappa shape index (κ3) is 3.69. The first-order valence-corrected chi connectivity index (χ1v) is 8.83. The molecule has 2 aromatic rings. The number of carbonyl (C=O) groups excluding carboxylic acids is 1. The molecule has 2 N–H and O–H groups in total. The lowest BCUT2D eigenvalue weighted by molar-refractivity contribution is -0.126. The van der Waals surface area contributed by atoms with Gasteiger partial charge in [0.15, 0.2) is 0 Å². The van der Waals surface area contributed by atoms with E-state index in [-0.39, 0.29) is 19.1 Å². The highest BCUT2D eigenvalue weighted by Crippen LogP contribution is 2.37. The fourth-order valence-electron chi connectivity index (χ4n) is 3.60. The average molecular weight is 339 g/mol. The molecule has 0 spiro atoms. The van der Waals surface area contributed by atoms with Crippen LogP contribution >= 0.6 is 0 Å². The van der Waals surface area contributed by atoms with Crippen LogP contribution in [0, 0.1) is 0 Å². The van der Waals surface area contributed by atoms with Crippen molar-refractivity contribution < 1.29 is 14.6 Å². The maximum atomic E-state index is 13.0. The average Bonchev–Trinajstić information content (AvgIpc) is 2.65. The molecule has 1 aliphatic carbocycles. The Balaban J connectivity index is 1.74. The van der Waals surface area contributed by atoms with E-state index < -0.39 is 5.41 Å². The Bertz CT molecular complexity index is 743. The van der Waals surface area contributed by atoms with Gasteiger partial charge in [0.25, 0.3) is 0 Å². The number of benzene rings is 2. The third-order valence-electron chi connectivity index (χ3n) is 5.00. The fraction of sp³-hybridized carbons (Fsp3) is 0.381. The highest BCUT2D eigenvalue weighted by molar-refractivity contribution is 5.88. The molecule has 4 heteroatoms. The first-order valence-electron chi connectivity index (χ1n) is 8.83. The second-order valence-electron chi connectivity index (χ2n) is 6.71. The number of nitrogens with one attached hydrogen (secondary N) is 1. The van der Waals surface area contributed by atoms with Gasteiger partial charge in [-0.15, -0.1) is 0 Å². The molecule has 0 aliphatic heterocycles. The number of para-hydroxylation sites is 1. The number of aryl methyl sites for hydroxylation is 1. The van der Waals surface area contributed by atoms with E-state index in [4.69, 9.17) is 9.84 Å². The van der Waals surface area contributed by atoms with Crippen molar-refractivity contribution in [1.29, 1.82) is 0 Å². The van der Waals surface area contributed by atoms with Crippen molar-refractivity contribution in [3.63, 3.8) is 0 Å². The van der Waals surface area contributed by atoms with Crippen molar-refractivity contribution in [3.05, 3.63) is 65.2 Å². The normalized spacial score (nSPS) is 19.1. The van der Waals surface area contributed by atoms with Crippen molar-refractivity contribution >= 4 is 5.91 Å². The molecule has 3 rings (SSSR count). The first-order chi connectivity index (χ1) is 12.1. The van der Waals surface area contributed by atoms with Crippen LogP contribution in [0.4, 0.5) is 0 Å². The molecule has 4 nitrogen and oxygen atoms in total. The minimum atomic E-state index is -0.490. The minimum Gasteiger partial charge on any atom is -0.491 e. The number of fused-ring (bicyclic) bond motifs is 1. The minimum absolute atomic E-state index is 0.0322. The zero-order chi connectivity index (χ0) is 17.7. The van der Waals surface area contributed by atoms with Crippen LogP contribution in [0.1, 0.15) is 36.5 Å². The lowest BCUT2D eigenvalue weighted by atomic mass is 9.70. The Morgan fingerprint density at radius 2 is 1.96 bits per heavy atom. The Morgan fingerprint density at radius 1 is 1.20 bits per heavy atom. The van der Waals surface area contributed by atoms with Crippen molar-refractivity contribution in [3.8, 4) is 5.75 Å². The molecule has 1 unspecified atom stereocenters. The zero-order valence-electron chi connectivity index (χ0n) is 14.6. The Hall–Kier alpha value is -2.33. The molecular weight excluding hydrogens is 314 g/mol. The van der Waals surface area contributed by atoms with Gasteiger partial charge in [-0.1, -0.05) is 42.5 Å². The van der Waals surface area contributed by atoms with Crippen LogP contribution in [0.5, 0.6) is 5.75 Å². The fourth-order valence-corrected chi connectivity index (χ4v) is 3.60. The molecule has 1 atom stereocenters. The standard InChI is InChI=1S/C21H25NO3/c1-21(12-6-9-16-7-2-4-10-18(16)21)20(24)22-15-17-8-3-5-11-19(17)25-14-13-23/h2-5,7-8,10-11,23H,6,9,12-15H2,1H3,(H,22,24). The van der Waals surface area contributed by atoms with Gasteiger partial charge in [-0.05, 0) is 43.4 Å². The predicted molar refractivity (Wildman–Crippen MR) is 97.6 cm³/mol. The van der Waals surface area contributed by atoms with Gasteiger partial charge < -0.3 is 15.2 Å². The predicted octanol–water partition coefficient (Wildman–Crippen LogP) is 2.97. The summed E-state index contributed by atoms with van der Waals surface area (Å²) in [6.07, 6.45) is 2.92. The summed E-state index contributed by atoms with van der Waals surface area (Å²) < 4.78 is 5.54.